The number of carbonyl (C=O) groups excluding carboxylic acids is 2. The number of nitrogens with zero attached hydrogens (tertiary/aromatic N) is 2. The highest BCUT2D eigenvalue weighted by Gasteiger charge is 2.37. The Hall–Kier alpha value is -1.30. The summed E-state index contributed by atoms with van der Waals surface area (Å²) in [5.74, 6) is 0.0243. The Bertz CT molecular complexity index is 302. The summed E-state index contributed by atoms with van der Waals surface area (Å²) in [6.45, 7) is 3.00. The number of likely N-dealkylation sites (tertiary alicyclic amines) is 1. The van der Waals surface area contributed by atoms with Gasteiger partial charge in [-0.1, -0.05) is 0 Å². The van der Waals surface area contributed by atoms with Crippen LogP contribution in [0.25, 0.3) is 0 Å². The maximum atomic E-state index is 12.3. The van der Waals surface area contributed by atoms with Crippen molar-refractivity contribution >= 4 is 12.0 Å². The van der Waals surface area contributed by atoms with Crippen LogP contribution in [0.5, 0.6) is 0 Å². The van der Waals surface area contributed by atoms with Crippen LogP contribution in [0, 0.1) is 0 Å². The van der Waals surface area contributed by atoms with Gasteiger partial charge in [0, 0.05) is 19.6 Å². The molecule has 0 saturated carbocycles. The monoisotopic (exact) mass is 242 g/mol. The maximum Gasteiger partial charge on any atom is 0.410 e. The Balaban J connectivity index is 1.99. The SMILES string of the molecule is COC(=O)N1CCCC1C(=O)N1CCOCC1. The first-order valence-corrected chi connectivity index (χ1v) is 5.95. The molecule has 2 fully saturated rings. The van der Waals surface area contributed by atoms with Gasteiger partial charge in [-0.2, -0.15) is 0 Å². The highest BCUT2D eigenvalue weighted by Crippen LogP contribution is 2.20. The molecule has 0 aromatic carbocycles. The average Bonchev–Trinajstić information content (AvgIpc) is 2.87. The van der Waals surface area contributed by atoms with E-state index in [0.717, 1.165) is 12.8 Å². The molecule has 96 valence electrons. The number of ether oxygens (including phenoxy) is 2. The summed E-state index contributed by atoms with van der Waals surface area (Å²) in [5.41, 5.74) is 0. The van der Waals surface area contributed by atoms with Crippen LogP contribution in [-0.4, -0.2) is 67.8 Å². The third-order valence-electron chi connectivity index (χ3n) is 3.27. The van der Waals surface area contributed by atoms with Gasteiger partial charge >= 0.3 is 6.09 Å². The second-order valence-corrected chi connectivity index (χ2v) is 4.26. The number of hydrogen-bond donors (Lipinski definition) is 0. The molecular formula is C11H18N2O4. The summed E-state index contributed by atoms with van der Waals surface area (Å²) in [6.07, 6.45) is 1.18. The van der Waals surface area contributed by atoms with Gasteiger partial charge in [0.15, 0.2) is 0 Å². The number of rotatable bonds is 1. The Kier molecular flexibility index (Phi) is 3.83. The summed E-state index contributed by atoms with van der Waals surface area (Å²) < 4.78 is 9.90. The third kappa shape index (κ3) is 2.52. The molecule has 6 nitrogen and oxygen atoms in total. The lowest BCUT2D eigenvalue weighted by molar-refractivity contribution is -0.139. The van der Waals surface area contributed by atoms with Crippen molar-refractivity contribution in [3.63, 3.8) is 0 Å². The van der Waals surface area contributed by atoms with Crippen molar-refractivity contribution in [2.45, 2.75) is 18.9 Å². The van der Waals surface area contributed by atoms with E-state index in [0.29, 0.717) is 32.8 Å². The highest BCUT2D eigenvalue weighted by molar-refractivity contribution is 5.86. The quantitative estimate of drug-likeness (QED) is 0.653. The minimum Gasteiger partial charge on any atom is -0.453 e. The molecular weight excluding hydrogens is 224 g/mol. The zero-order valence-corrected chi connectivity index (χ0v) is 10.1. The van der Waals surface area contributed by atoms with E-state index in [-0.39, 0.29) is 11.9 Å². The maximum absolute atomic E-state index is 12.3. The number of morpholine rings is 1. The number of carbonyl (C=O) groups is 2. The van der Waals surface area contributed by atoms with Crippen LogP contribution in [0.4, 0.5) is 4.79 Å². The fourth-order valence-electron chi connectivity index (χ4n) is 2.35. The smallest absolute Gasteiger partial charge is 0.410 e. The second-order valence-electron chi connectivity index (χ2n) is 4.26. The van der Waals surface area contributed by atoms with Crippen molar-refractivity contribution in [1.29, 1.82) is 0 Å². The summed E-state index contributed by atoms with van der Waals surface area (Å²) in [6, 6.07) is -0.347. The van der Waals surface area contributed by atoms with Crippen molar-refractivity contribution < 1.29 is 19.1 Å². The van der Waals surface area contributed by atoms with E-state index in [4.69, 9.17) is 9.47 Å². The van der Waals surface area contributed by atoms with E-state index in [9.17, 15) is 9.59 Å². The molecule has 2 heterocycles. The van der Waals surface area contributed by atoms with E-state index in [1.165, 1.54) is 12.0 Å². The first-order chi connectivity index (χ1) is 8.24. The largest absolute Gasteiger partial charge is 0.453 e. The van der Waals surface area contributed by atoms with E-state index in [1.54, 1.807) is 4.90 Å². The number of methoxy groups -OCH3 is 1. The molecule has 0 bridgehead atoms. The molecule has 0 aliphatic carbocycles. The van der Waals surface area contributed by atoms with Gasteiger partial charge in [0.05, 0.1) is 20.3 Å². The fourth-order valence-corrected chi connectivity index (χ4v) is 2.35. The van der Waals surface area contributed by atoms with Crippen LogP contribution in [0.2, 0.25) is 0 Å². The van der Waals surface area contributed by atoms with Crippen molar-refractivity contribution in [3.05, 3.63) is 0 Å². The molecule has 2 rings (SSSR count). The molecule has 0 aromatic rings. The zero-order chi connectivity index (χ0) is 12.3. The second kappa shape index (κ2) is 5.35. The first-order valence-electron chi connectivity index (χ1n) is 5.95. The number of hydrogen-bond acceptors (Lipinski definition) is 4. The van der Waals surface area contributed by atoms with Gasteiger partial charge in [0.25, 0.3) is 0 Å². The van der Waals surface area contributed by atoms with Crippen LogP contribution in [0.15, 0.2) is 0 Å². The van der Waals surface area contributed by atoms with Crippen LogP contribution in [-0.2, 0) is 14.3 Å². The predicted molar refractivity (Wildman–Crippen MR) is 59.5 cm³/mol. The molecule has 0 spiro atoms. The molecule has 17 heavy (non-hydrogen) atoms. The lowest BCUT2D eigenvalue weighted by Crippen LogP contribution is -2.51. The zero-order valence-electron chi connectivity index (χ0n) is 10.1. The van der Waals surface area contributed by atoms with Crippen molar-refractivity contribution in [2.75, 3.05) is 40.0 Å². The summed E-state index contributed by atoms with van der Waals surface area (Å²) in [4.78, 5) is 27.1. The fraction of sp³-hybridized carbons (Fsp3) is 0.818. The Morgan fingerprint density at radius 3 is 2.59 bits per heavy atom. The summed E-state index contributed by atoms with van der Waals surface area (Å²) in [5, 5.41) is 0. The Morgan fingerprint density at radius 1 is 1.24 bits per heavy atom. The molecule has 1 atom stereocenters. The topological polar surface area (TPSA) is 59.1 Å². The molecule has 0 aromatic heterocycles. The van der Waals surface area contributed by atoms with E-state index >= 15 is 0 Å². The average molecular weight is 242 g/mol. The van der Waals surface area contributed by atoms with Gasteiger partial charge in [-0.3, -0.25) is 9.69 Å². The van der Waals surface area contributed by atoms with Crippen LogP contribution in [0.3, 0.4) is 0 Å². The van der Waals surface area contributed by atoms with Gasteiger partial charge in [-0.15, -0.1) is 0 Å². The van der Waals surface area contributed by atoms with Crippen LogP contribution >= 0.6 is 0 Å². The van der Waals surface area contributed by atoms with Gasteiger partial charge in [-0.05, 0) is 12.8 Å². The summed E-state index contributed by atoms with van der Waals surface area (Å²) in [7, 11) is 1.34. The molecule has 0 N–H and O–H groups in total. The van der Waals surface area contributed by atoms with Gasteiger partial charge in [0.2, 0.25) is 5.91 Å². The van der Waals surface area contributed by atoms with E-state index < -0.39 is 6.09 Å². The Morgan fingerprint density at radius 2 is 1.94 bits per heavy atom. The summed E-state index contributed by atoms with van der Waals surface area (Å²) >= 11 is 0. The van der Waals surface area contributed by atoms with Crippen molar-refractivity contribution in [1.82, 2.24) is 9.80 Å². The highest BCUT2D eigenvalue weighted by atomic mass is 16.5. The van der Waals surface area contributed by atoms with Gasteiger partial charge < -0.3 is 14.4 Å². The van der Waals surface area contributed by atoms with E-state index in [2.05, 4.69) is 0 Å². The minimum absolute atomic E-state index is 0.0243. The first kappa shape index (κ1) is 12.2. The molecule has 2 amide bonds. The van der Waals surface area contributed by atoms with Gasteiger partial charge in [-0.25, -0.2) is 4.79 Å². The molecule has 0 radical (unpaired) electrons. The number of amides is 2. The van der Waals surface area contributed by atoms with Crippen LogP contribution in [0.1, 0.15) is 12.8 Å². The van der Waals surface area contributed by atoms with Crippen molar-refractivity contribution in [3.8, 4) is 0 Å². The lowest BCUT2D eigenvalue weighted by atomic mass is 10.2. The van der Waals surface area contributed by atoms with Crippen molar-refractivity contribution in [2.24, 2.45) is 0 Å². The molecule has 2 saturated heterocycles. The van der Waals surface area contributed by atoms with Gasteiger partial charge in [0.1, 0.15) is 6.04 Å². The molecule has 2 aliphatic rings. The lowest BCUT2D eigenvalue weighted by Gasteiger charge is -2.31. The van der Waals surface area contributed by atoms with Crippen LogP contribution < -0.4 is 0 Å². The van der Waals surface area contributed by atoms with E-state index in [1.807, 2.05) is 0 Å². The molecule has 2 aliphatic heterocycles. The third-order valence-corrected chi connectivity index (χ3v) is 3.27. The molecule has 1 unspecified atom stereocenters. The Labute approximate surface area is 100 Å². The normalized spacial score (nSPS) is 24.9. The standard InChI is InChI=1S/C11H18N2O4/c1-16-11(15)13-4-2-3-9(13)10(14)12-5-7-17-8-6-12/h9H,2-8H2,1H3. The predicted octanol–water partition coefficient (Wildman–Crippen LogP) is 0.0760. The molecule has 6 heteroatoms. The minimum atomic E-state index is -0.408.